The Morgan fingerprint density at radius 3 is 2.59 bits per heavy atom. The predicted octanol–water partition coefficient (Wildman–Crippen LogP) is 4.56. The van der Waals surface area contributed by atoms with E-state index in [1.807, 2.05) is 12.1 Å². The summed E-state index contributed by atoms with van der Waals surface area (Å²) in [4.78, 5) is 2.40. The van der Waals surface area contributed by atoms with Crippen LogP contribution in [-0.4, -0.2) is 36.2 Å². The van der Waals surface area contributed by atoms with Crippen LogP contribution >= 0.6 is 52.3 Å². The van der Waals surface area contributed by atoms with Crippen molar-refractivity contribution in [2.45, 2.75) is 18.9 Å². The van der Waals surface area contributed by atoms with Gasteiger partial charge in [0.2, 0.25) is 0 Å². The molecule has 0 saturated carbocycles. The molecule has 0 bridgehead atoms. The number of phenolic OH excluding ortho intramolecular Hbond substituents is 1. The fourth-order valence-corrected chi connectivity index (χ4v) is 3.48. The molecular formula is C15H22BrCl3N2O. The van der Waals surface area contributed by atoms with E-state index in [4.69, 9.17) is 11.6 Å². The first kappa shape index (κ1) is 22.0. The lowest BCUT2D eigenvalue weighted by Gasteiger charge is -2.35. The lowest BCUT2D eigenvalue weighted by Crippen LogP contribution is -2.45. The Kier molecular flexibility index (Phi) is 10.8. The van der Waals surface area contributed by atoms with Crippen LogP contribution in [-0.2, 0) is 0 Å². The maximum absolute atomic E-state index is 10.3. The Balaban J connectivity index is 0.00000220. The number of nitrogens with one attached hydrogen (secondary N) is 1. The van der Waals surface area contributed by atoms with Gasteiger partial charge in [-0.2, -0.15) is 0 Å². The Morgan fingerprint density at radius 2 is 2.00 bits per heavy atom. The summed E-state index contributed by atoms with van der Waals surface area (Å²) in [7, 11) is 0. The number of rotatable bonds is 5. The van der Waals surface area contributed by atoms with Crippen molar-refractivity contribution in [3.63, 3.8) is 0 Å². The Labute approximate surface area is 158 Å². The summed E-state index contributed by atoms with van der Waals surface area (Å²) in [6.45, 7) is 7.71. The standard InChI is InChI=1S/C15H20BrClN2O.2ClH/c1-2-3-4-14(19-7-5-18-6-8-19)12-9-11(17)10-13(16)15(12)20;;/h2,9-10,14,18,20H,1,3-8H2;2*1H/t14-;;/m1../s1. The summed E-state index contributed by atoms with van der Waals surface area (Å²) in [5, 5.41) is 14.3. The van der Waals surface area contributed by atoms with E-state index in [-0.39, 0.29) is 30.9 Å². The van der Waals surface area contributed by atoms with Crippen LogP contribution in [0.25, 0.3) is 0 Å². The van der Waals surface area contributed by atoms with Crippen molar-refractivity contribution >= 4 is 52.3 Å². The van der Waals surface area contributed by atoms with Gasteiger partial charge in [-0.05, 0) is 40.9 Å². The van der Waals surface area contributed by atoms with Crippen LogP contribution in [0.1, 0.15) is 24.4 Å². The van der Waals surface area contributed by atoms with Gasteiger partial charge in [0.15, 0.2) is 0 Å². The second-order valence-electron chi connectivity index (χ2n) is 4.99. The van der Waals surface area contributed by atoms with E-state index in [2.05, 4.69) is 32.7 Å². The van der Waals surface area contributed by atoms with E-state index < -0.39 is 0 Å². The smallest absolute Gasteiger partial charge is 0.134 e. The first-order chi connectivity index (χ1) is 9.63. The molecule has 126 valence electrons. The minimum absolute atomic E-state index is 0. The molecule has 1 aromatic rings. The Morgan fingerprint density at radius 1 is 1.36 bits per heavy atom. The molecule has 0 unspecified atom stereocenters. The van der Waals surface area contributed by atoms with Crippen molar-refractivity contribution in [3.8, 4) is 5.75 Å². The molecule has 2 rings (SSSR count). The number of aromatic hydroxyl groups is 1. The van der Waals surface area contributed by atoms with Crippen LogP contribution in [0.5, 0.6) is 5.75 Å². The van der Waals surface area contributed by atoms with Gasteiger partial charge < -0.3 is 10.4 Å². The molecule has 7 heteroatoms. The average molecular weight is 433 g/mol. The molecule has 0 amide bonds. The molecule has 1 fully saturated rings. The normalized spacial score (nSPS) is 16.3. The minimum atomic E-state index is 0. The highest BCUT2D eigenvalue weighted by Gasteiger charge is 2.25. The fraction of sp³-hybridized carbons (Fsp3) is 0.467. The van der Waals surface area contributed by atoms with Crippen molar-refractivity contribution in [2.75, 3.05) is 26.2 Å². The van der Waals surface area contributed by atoms with Crippen molar-refractivity contribution in [2.24, 2.45) is 0 Å². The van der Waals surface area contributed by atoms with Gasteiger partial charge in [0.05, 0.1) is 4.47 Å². The first-order valence-corrected chi connectivity index (χ1v) is 8.04. The van der Waals surface area contributed by atoms with E-state index in [0.29, 0.717) is 15.2 Å². The minimum Gasteiger partial charge on any atom is -0.506 e. The van der Waals surface area contributed by atoms with Crippen LogP contribution in [0.3, 0.4) is 0 Å². The van der Waals surface area contributed by atoms with Crippen molar-refractivity contribution in [1.82, 2.24) is 10.2 Å². The van der Waals surface area contributed by atoms with Crippen LogP contribution in [0.4, 0.5) is 0 Å². The van der Waals surface area contributed by atoms with Gasteiger partial charge in [0.1, 0.15) is 5.75 Å². The number of hydrogen-bond donors (Lipinski definition) is 2. The number of benzene rings is 1. The van der Waals surface area contributed by atoms with Crippen molar-refractivity contribution in [1.29, 1.82) is 0 Å². The second kappa shape index (κ2) is 10.7. The monoisotopic (exact) mass is 430 g/mol. The zero-order chi connectivity index (χ0) is 14.5. The van der Waals surface area contributed by atoms with Gasteiger partial charge in [-0.3, -0.25) is 4.90 Å². The largest absolute Gasteiger partial charge is 0.506 e. The van der Waals surface area contributed by atoms with Crippen LogP contribution in [0.15, 0.2) is 29.3 Å². The highest BCUT2D eigenvalue weighted by atomic mass is 79.9. The molecule has 1 aliphatic heterocycles. The van der Waals surface area contributed by atoms with E-state index in [1.54, 1.807) is 6.07 Å². The highest BCUT2D eigenvalue weighted by Crippen LogP contribution is 2.39. The number of allylic oxidation sites excluding steroid dienone is 1. The molecular weight excluding hydrogens is 410 g/mol. The van der Waals surface area contributed by atoms with E-state index in [9.17, 15) is 5.11 Å². The van der Waals surface area contributed by atoms with Crippen molar-refractivity contribution < 1.29 is 5.11 Å². The fourth-order valence-electron chi connectivity index (χ4n) is 2.64. The lowest BCUT2D eigenvalue weighted by molar-refractivity contribution is 0.163. The lowest BCUT2D eigenvalue weighted by atomic mass is 9.98. The van der Waals surface area contributed by atoms with Crippen LogP contribution < -0.4 is 5.32 Å². The van der Waals surface area contributed by atoms with Crippen molar-refractivity contribution in [3.05, 3.63) is 39.8 Å². The number of hydrogen-bond acceptors (Lipinski definition) is 3. The summed E-state index contributed by atoms with van der Waals surface area (Å²) >= 11 is 9.52. The summed E-state index contributed by atoms with van der Waals surface area (Å²) < 4.78 is 0.652. The topological polar surface area (TPSA) is 35.5 Å². The van der Waals surface area contributed by atoms with Crippen LogP contribution in [0.2, 0.25) is 5.02 Å². The quantitative estimate of drug-likeness (QED) is 0.670. The molecule has 1 aliphatic rings. The number of nitrogens with zero attached hydrogens (tertiary/aromatic N) is 1. The van der Waals surface area contributed by atoms with Gasteiger partial charge in [0.25, 0.3) is 0 Å². The molecule has 3 nitrogen and oxygen atoms in total. The average Bonchev–Trinajstić information content (AvgIpc) is 2.45. The molecule has 0 spiro atoms. The molecule has 1 saturated heterocycles. The molecule has 0 aromatic heterocycles. The van der Waals surface area contributed by atoms with Crippen LogP contribution in [0, 0.1) is 0 Å². The molecule has 2 N–H and O–H groups in total. The third-order valence-corrected chi connectivity index (χ3v) is 4.48. The molecule has 1 atom stereocenters. The third kappa shape index (κ3) is 5.59. The Bertz CT molecular complexity index is 482. The maximum atomic E-state index is 10.3. The number of phenols is 1. The zero-order valence-corrected chi connectivity index (χ0v) is 16.2. The van der Waals surface area contributed by atoms with Gasteiger partial charge in [0, 0.05) is 42.8 Å². The third-order valence-electron chi connectivity index (χ3n) is 3.65. The molecule has 1 aromatic carbocycles. The molecule has 0 radical (unpaired) electrons. The summed E-state index contributed by atoms with van der Waals surface area (Å²) in [5.74, 6) is 0.294. The van der Waals surface area contributed by atoms with Gasteiger partial charge in [-0.1, -0.05) is 17.7 Å². The Hall–Kier alpha value is 0.0300. The summed E-state index contributed by atoms with van der Waals surface area (Å²) in [6, 6.07) is 3.77. The van der Waals surface area contributed by atoms with E-state index >= 15 is 0 Å². The summed E-state index contributed by atoms with van der Waals surface area (Å²) in [5.41, 5.74) is 0.896. The maximum Gasteiger partial charge on any atom is 0.134 e. The SMILES string of the molecule is C=CCC[C@H](c1cc(Cl)cc(Br)c1O)N1CCNCC1.Cl.Cl. The van der Waals surface area contributed by atoms with E-state index in [0.717, 1.165) is 44.6 Å². The molecule has 0 aliphatic carbocycles. The molecule has 22 heavy (non-hydrogen) atoms. The first-order valence-electron chi connectivity index (χ1n) is 6.87. The van der Waals surface area contributed by atoms with Gasteiger partial charge >= 0.3 is 0 Å². The van der Waals surface area contributed by atoms with Gasteiger partial charge in [-0.25, -0.2) is 0 Å². The van der Waals surface area contributed by atoms with E-state index in [1.165, 1.54) is 0 Å². The molecule has 1 heterocycles. The summed E-state index contributed by atoms with van der Waals surface area (Å²) in [6.07, 6.45) is 3.77. The predicted molar refractivity (Wildman–Crippen MR) is 102 cm³/mol. The zero-order valence-electron chi connectivity index (χ0n) is 12.2. The number of piperazine rings is 1. The second-order valence-corrected chi connectivity index (χ2v) is 6.28. The van der Waals surface area contributed by atoms with Gasteiger partial charge in [-0.15, -0.1) is 31.4 Å². The highest BCUT2D eigenvalue weighted by molar-refractivity contribution is 9.10. The number of halogens is 4.